The second-order valence-electron chi connectivity index (χ2n) is 6.57. The van der Waals surface area contributed by atoms with Crippen molar-refractivity contribution in [1.29, 1.82) is 0 Å². The van der Waals surface area contributed by atoms with Crippen LogP contribution in [0.25, 0.3) is 17.1 Å². The number of benzene rings is 1. The van der Waals surface area contributed by atoms with Gasteiger partial charge in [-0.2, -0.15) is 0 Å². The van der Waals surface area contributed by atoms with Crippen molar-refractivity contribution in [1.82, 2.24) is 25.1 Å². The van der Waals surface area contributed by atoms with Gasteiger partial charge in [-0.15, -0.1) is 10.2 Å². The SMILES string of the molecule is CCOC(=O)NC(=O)CSc1nnc(-c2cccnc2)n1-c1c(CC)cccc1CC. The number of nitrogens with one attached hydrogen (secondary N) is 1. The Morgan fingerprint density at radius 3 is 2.42 bits per heavy atom. The van der Waals surface area contributed by atoms with Gasteiger partial charge >= 0.3 is 6.09 Å². The molecule has 2 aromatic heterocycles. The Morgan fingerprint density at radius 2 is 1.81 bits per heavy atom. The molecule has 0 bridgehead atoms. The number of aromatic nitrogens is 4. The molecule has 8 nitrogen and oxygen atoms in total. The molecule has 0 atom stereocenters. The van der Waals surface area contributed by atoms with E-state index in [9.17, 15) is 9.59 Å². The first kappa shape index (κ1) is 22.5. The van der Waals surface area contributed by atoms with Crippen LogP contribution in [0.3, 0.4) is 0 Å². The zero-order valence-electron chi connectivity index (χ0n) is 17.8. The number of carbonyl (C=O) groups is 2. The fourth-order valence-electron chi connectivity index (χ4n) is 3.20. The van der Waals surface area contributed by atoms with Crippen LogP contribution in [0.1, 0.15) is 31.9 Å². The Labute approximate surface area is 185 Å². The van der Waals surface area contributed by atoms with Crippen molar-refractivity contribution in [2.45, 2.75) is 38.8 Å². The van der Waals surface area contributed by atoms with Crippen molar-refractivity contribution in [3.63, 3.8) is 0 Å². The molecule has 0 radical (unpaired) electrons. The van der Waals surface area contributed by atoms with Crippen LogP contribution in [0.5, 0.6) is 0 Å². The van der Waals surface area contributed by atoms with Crippen molar-refractivity contribution in [3.8, 4) is 17.1 Å². The molecule has 9 heteroatoms. The highest BCUT2D eigenvalue weighted by Crippen LogP contribution is 2.32. The molecule has 0 saturated heterocycles. The van der Waals surface area contributed by atoms with E-state index in [4.69, 9.17) is 4.74 Å². The summed E-state index contributed by atoms with van der Waals surface area (Å²) in [7, 11) is 0. The second kappa shape index (κ2) is 10.7. The topological polar surface area (TPSA) is 99.0 Å². The third-order valence-corrected chi connectivity index (χ3v) is 5.52. The third kappa shape index (κ3) is 5.29. The molecule has 162 valence electrons. The average Bonchev–Trinajstić information content (AvgIpc) is 3.21. The van der Waals surface area contributed by atoms with Gasteiger partial charge in [0.15, 0.2) is 11.0 Å². The van der Waals surface area contributed by atoms with E-state index in [0.717, 1.165) is 35.2 Å². The van der Waals surface area contributed by atoms with Crippen LogP contribution in [0.4, 0.5) is 4.79 Å². The van der Waals surface area contributed by atoms with E-state index in [2.05, 4.69) is 52.5 Å². The quantitative estimate of drug-likeness (QED) is 0.533. The maximum absolute atomic E-state index is 12.2. The molecule has 0 aliphatic rings. The summed E-state index contributed by atoms with van der Waals surface area (Å²) in [5, 5.41) is 11.5. The van der Waals surface area contributed by atoms with Gasteiger partial charge in [-0.3, -0.25) is 19.7 Å². The first-order valence-corrected chi connectivity index (χ1v) is 11.1. The molecular formula is C22H25N5O3S. The van der Waals surface area contributed by atoms with Crippen LogP contribution in [-0.4, -0.2) is 44.1 Å². The van der Waals surface area contributed by atoms with Gasteiger partial charge in [-0.05, 0) is 43.0 Å². The molecule has 1 N–H and O–H groups in total. The van der Waals surface area contributed by atoms with Gasteiger partial charge in [0.05, 0.1) is 18.0 Å². The highest BCUT2D eigenvalue weighted by Gasteiger charge is 2.21. The van der Waals surface area contributed by atoms with Crippen molar-refractivity contribution >= 4 is 23.8 Å². The normalized spacial score (nSPS) is 10.7. The van der Waals surface area contributed by atoms with Crippen molar-refractivity contribution < 1.29 is 14.3 Å². The smallest absolute Gasteiger partial charge is 0.413 e. The van der Waals surface area contributed by atoms with E-state index in [-0.39, 0.29) is 12.4 Å². The number of aryl methyl sites for hydroxylation is 2. The second-order valence-corrected chi connectivity index (χ2v) is 7.52. The van der Waals surface area contributed by atoms with Gasteiger partial charge < -0.3 is 4.74 Å². The molecule has 3 aromatic rings. The summed E-state index contributed by atoms with van der Waals surface area (Å²) >= 11 is 1.21. The van der Waals surface area contributed by atoms with Gasteiger partial charge in [0.25, 0.3) is 0 Å². The molecule has 0 unspecified atom stereocenters. The molecule has 31 heavy (non-hydrogen) atoms. The standard InChI is InChI=1S/C22H25N5O3S/c1-4-15-9-7-10-16(5-2)19(15)27-20(17-11-8-12-23-13-17)25-26-21(27)31-14-18(28)24-22(29)30-6-3/h7-13H,4-6,14H2,1-3H3,(H,24,28,29). The van der Waals surface area contributed by atoms with Crippen LogP contribution in [0.15, 0.2) is 47.9 Å². The Balaban J connectivity index is 2.02. The fourth-order valence-corrected chi connectivity index (χ4v) is 3.93. The summed E-state index contributed by atoms with van der Waals surface area (Å²) in [4.78, 5) is 27.9. The number of para-hydroxylation sites is 1. The van der Waals surface area contributed by atoms with Crippen LogP contribution in [0, 0.1) is 0 Å². The maximum Gasteiger partial charge on any atom is 0.413 e. The van der Waals surface area contributed by atoms with Crippen molar-refractivity contribution in [2.24, 2.45) is 0 Å². The van der Waals surface area contributed by atoms with Gasteiger partial charge in [0.1, 0.15) is 0 Å². The van der Waals surface area contributed by atoms with Gasteiger partial charge in [-0.1, -0.05) is 43.8 Å². The Hall–Kier alpha value is -3.20. The average molecular weight is 440 g/mol. The Bertz CT molecular complexity index is 1030. The van der Waals surface area contributed by atoms with E-state index < -0.39 is 12.0 Å². The van der Waals surface area contributed by atoms with Crippen LogP contribution < -0.4 is 5.32 Å². The lowest BCUT2D eigenvalue weighted by Gasteiger charge is -2.17. The Kier molecular flexibility index (Phi) is 7.77. The number of hydrogen-bond donors (Lipinski definition) is 1. The highest BCUT2D eigenvalue weighted by atomic mass is 32.2. The zero-order valence-corrected chi connectivity index (χ0v) is 18.6. The van der Waals surface area contributed by atoms with E-state index >= 15 is 0 Å². The predicted octanol–water partition coefficient (Wildman–Crippen LogP) is 3.82. The van der Waals surface area contributed by atoms with Crippen LogP contribution in [0.2, 0.25) is 0 Å². The zero-order chi connectivity index (χ0) is 22.2. The number of amides is 2. The number of imide groups is 1. The number of nitrogens with zero attached hydrogens (tertiary/aromatic N) is 4. The summed E-state index contributed by atoms with van der Waals surface area (Å²) in [5.74, 6) is 0.192. The number of ether oxygens (including phenoxy) is 1. The fraction of sp³-hybridized carbons (Fsp3) is 0.318. The molecule has 0 saturated carbocycles. The molecule has 2 amide bonds. The largest absolute Gasteiger partial charge is 0.450 e. The van der Waals surface area contributed by atoms with E-state index in [1.165, 1.54) is 11.8 Å². The predicted molar refractivity (Wildman–Crippen MR) is 119 cm³/mol. The number of carbonyl (C=O) groups excluding carboxylic acids is 2. The first-order chi connectivity index (χ1) is 15.1. The van der Waals surface area contributed by atoms with Crippen LogP contribution in [-0.2, 0) is 22.4 Å². The minimum atomic E-state index is -0.754. The van der Waals surface area contributed by atoms with E-state index in [1.807, 2.05) is 16.7 Å². The Morgan fingerprint density at radius 1 is 1.06 bits per heavy atom. The number of alkyl carbamates (subject to hydrolysis) is 1. The molecule has 0 fully saturated rings. The van der Waals surface area contributed by atoms with Crippen molar-refractivity contribution in [3.05, 3.63) is 53.9 Å². The minimum absolute atomic E-state index is 0.000260. The summed E-state index contributed by atoms with van der Waals surface area (Å²) in [6, 6.07) is 10.00. The number of thioether (sulfide) groups is 1. The molecule has 0 aliphatic heterocycles. The van der Waals surface area contributed by atoms with E-state index in [1.54, 1.807) is 19.3 Å². The molecule has 0 aliphatic carbocycles. The summed E-state index contributed by atoms with van der Waals surface area (Å²) in [6.07, 6.45) is 4.36. The third-order valence-electron chi connectivity index (χ3n) is 4.59. The maximum atomic E-state index is 12.2. The number of hydrogen-bond acceptors (Lipinski definition) is 7. The molecule has 3 rings (SSSR count). The molecule has 1 aromatic carbocycles. The van der Waals surface area contributed by atoms with Crippen LogP contribution >= 0.6 is 11.8 Å². The minimum Gasteiger partial charge on any atom is -0.450 e. The van der Waals surface area contributed by atoms with Gasteiger partial charge in [0.2, 0.25) is 5.91 Å². The van der Waals surface area contributed by atoms with Gasteiger partial charge in [-0.25, -0.2) is 4.79 Å². The summed E-state index contributed by atoms with van der Waals surface area (Å²) in [6.45, 7) is 6.08. The molecule has 0 spiro atoms. The summed E-state index contributed by atoms with van der Waals surface area (Å²) in [5.41, 5.74) is 4.15. The monoisotopic (exact) mass is 439 g/mol. The first-order valence-electron chi connectivity index (χ1n) is 10.1. The van der Waals surface area contributed by atoms with E-state index in [0.29, 0.717) is 11.0 Å². The lowest BCUT2D eigenvalue weighted by Crippen LogP contribution is -2.32. The van der Waals surface area contributed by atoms with Gasteiger partial charge in [0, 0.05) is 18.0 Å². The van der Waals surface area contributed by atoms with Crippen molar-refractivity contribution in [2.75, 3.05) is 12.4 Å². The number of pyridine rings is 1. The number of rotatable bonds is 8. The lowest BCUT2D eigenvalue weighted by atomic mass is 10.0. The highest BCUT2D eigenvalue weighted by molar-refractivity contribution is 7.99. The molecule has 2 heterocycles. The summed E-state index contributed by atoms with van der Waals surface area (Å²) < 4.78 is 6.74. The molecular weight excluding hydrogens is 414 g/mol. The lowest BCUT2D eigenvalue weighted by molar-refractivity contribution is -0.117.